The molecule has 0 aliphatic rings. The standard InChI is InChI=1S/C11H22O2.C3H8O.O.Ti/c1-7(2)11(8(3)4,9(5)6)10(12)13;1-3(2)4;;/h7-9H,1-6H3,(H,12,13);3-4H,1-2H3;;. The molecule has 0 aliphatic carbocycles. The van der Waals surface area contributed by atoms with E-state index in [-0.39, 0.29) is 23.9 Å². The summed E-state index contributed by atoms with van der Waals surface area (Å²) in [5.41, 5.74) is -0.583. The van der Waals surface area contributed by atoms with Crippen LogP contribution in [0.2, 0.25) is 0 Å². The summed E-state index contributed by atoms with van der Waals surface area (Å²) in [6.45, 7) is 15.4. The summed E-state index contributed by atoms with van der Waals surface area (Å²) in [6, 6.07) is 0. The van der Waals surface area contributed by atoms with Crippen molar-refractivity contribution >= 4 is 5.97 Å². The van der Waals surface area contributed by atoms with Gasteiger partial charge in [0.2, 0.25) is 0 Å². The van der Waals surface area contributed by atoms with Gasteiger partial charge in [0.05, 0.1) is 5.41 Å². The van der Waals surface area contributed by atoms with Gasteiger partial charge >= 0.3 is 29.7 Å². The third-order valence-corrected chi connectivity index (χ3v) is 3.24. The zero-order chi connectivity index (χ0) is 16.4. The maximum atomic E-state index is 11.3. The molecule has 0 atom stereocenters. The fourth-order valence-electron chi connectivity index (χ4n) is 2.74. The molecule has 0 fully saturated rings. The predicted molar refractivity (Wildman–Crippen MR) is 72.6 cm³/mol. The van der Waals surface area contributed by atoms with Crippen LogP contribution in [0.4, 0.5) is 0 Å². The molecule has 0 saturated carbocycles. The quantitative estimate of drug-likeness (QED) is 0.781. The monoisotopic (exact) mass is 310 g/mol. The molecule has 19 heavy (non-hydrogen) atoms. The van der Waals surface area contributed by atoms with Gasteiger partial charge in [0.1, 0.15) is 0 Å². The fourth-order valence-corrected chi connectivity index (χ4v) is 2.74. The Morgan fingerprint density at radius 3 is 1.00 bits per heavy atom. The van der Waals surface area contributed by atoms with Crippen molar-refractivity contribution in [2.75, 3.05) is 0 Å². The molecule has 0 aromatic heterocycles. The summed E-state index contributed by atoms with van der Waals surface area (Å²) < 4.78 is 8.25. The van der Waals surface area contributed by atoms with Crippen LogP contribution in [-0.2, 0) is 28.5 Å². The van der Waals surface area contributed by atoms with E-state index in [9.17, 15) is 9.90 Å². The molecule has 0 saturated heterocycles. The van der Waals surface area contributed by atoms with E-state index in [2.05, 4.69) is 0 Å². The van der Waals surface area contributed by atoms with Crippen LogP contribution in [0.15, 0.2) is 0 Å². The number of aliphatic carboxylic acids is 1. The first kappa shape index (κ1) is 24.0. The number of aliphatic hydroxyl groups is 1. The molecule has 0 rings (SSSR count). The summed E-state index contributed by atoms with van der Waals surface area (Å²) in [5.74, 6) is -0.146. The van der Waals surface area contributed by atoms with Crippen molar-refractivity contribution in [1.29, 1.82) is 0 Å². The number of rotatable bonds is 4. The Hall–Kier alpha value is -0.0557. The summed E-state index contributed by atoms with van der Waals surface area (Å²) in [5, 5.41) is 17.4. The van der Waals surface area contributed by atoms with Crippen LogP contribution in [0.5, 0.6) is 0 Å². The van der Waals surface area contributed by atoms with Crippen molar-refractivity contribution < 1.29 is 38.7 Å². The number of carbonyl (C=O) groups is 1. The van der Waals surface area contributed by atoms with Crippen LogP contribution < -0.4 is 0 Å². The Kier molecular flexibility index (Phi) is 14.8. The van der Waals surface area contributed by atoms with E-state index < -0.39 is 11.4 Å². The van der Waals surface area contributed by atoms with Gasteiger partial charge in [0.15, 0.2) is 0 Å². The van der Waals surface area contributed by atoms with Crippen molar-refractivity contribution in [3.63, 3.8) is 0 Å². The minimum absolute atomic E-state index is 0.167. The molecule has 0 heterocycles. The molecule has 4 nitrogen and oxygen atoms in total. The van der Waals surface area contributed by atoms with Crippen molar-refractivity contribution in [2.24, 2.45) is 23.2 Å². The number of aliphatic hydroxyl groups excluding tert-OH is 1. The van der Waals surface area contributed by atoms with Crippen LogP contribution in [0.1, 0.15) is 55.4 Å². The Morgan fingerprint density at radius 2 is 1.00 bits per heavy atom. The van der Waals surface area contributed by atoms with Gasteiger partial charge in [0.25, 0.3) is 0 Å². The minimum atomic E-state index is -0.660. The topological polar surface area (TPSA) is 74.6 Å². The molecule has 114 valence electrons. The molecule has 0 aliphatic heterocycles. The van der Waals surface area contributed by atoms with Crippen molar-refractivity contribution in [1.82, 2.24) is 0 Å². The van der Waals surface area contributed by atoms with E-state index in [4.69, 9.17) is 8.43 Å². The fraction of sp³-hybridized carbons (Fsp3) is 0.929. The van der Waals surface area contributed by atoms with E-state index in [1.807, 2.05) is 41.5 Å². The number of carboxylic acid groups (broad SMARTS) is 1. The molecule has 0 bridgehead atoms. The van der Waals surface area contributed by atoms with Gasteiger partial charge in [-0.25, -0.2) is 0 Å². The van der Waals surface area contributed by atoms with E-state index in [0.717, 1.165) is 20.4 Å². The van der Waals surface area contributed by atoms with Crippen molar-refractivity contribution in [3.8, 4) is 0 Å². The molecular weight excluding hydrogens is 280 g/mol. The van der Waals surface area contributed by atoms with Crippen LogP contribution in [0, 0.1) is 23.2 Å². The van der Waals surface area contributed by atoms with E-state index >= 15 is 0 Å². The Balaban J connectivity index is -0.000000361. The molecule has 5 heteroatoms. The zero-order valence-corrected chi connectivity index (χ0v) is 15.1. The van der Waals surface area contributed by atoms with Gasteiger partial charge in [-0.15, -0.1) is 0 Å². The average molecular weight is 310 g/mol. The molecule has 0 aromatic carbocycles. The van der Waals surface area contributed by atoms with Gasteiger partial charge in [-0.1, -0.05) is 41.5 Å². The summed E-state index contributed by atoms with van der Waals surface area (Å²) in [7, 11) is 0. The van der Waals surface area contributed by atoms with Crippen molar-refractivity contribution in [3.05, 3.63) is 0 Å². The van der Waals surface area contributed by atoms with Gasteiger partial charge < -0.3 is 10.2 Å². The van der Waals surface area contributed by atoms with Gasteiger partial charge in [-0.3, -0.25) is 4.79 Å². The summed E-state index contributed by atoms with van der Waals surface area (Å²) in [4.78, 5) is 11.3. The van der Waals surface area contributed by atoms with Gasteiger partial charge in [-0.2, -0.15) is 0 Å². The van der Waals surface area contributed by atoms with Crippen molar-refractivity contribution in [2.45, 2.75) is 61.5 Å². The Morgan fingerprint density at radius 1 is 0.842 bits per heavy atom. The van der Waals surface area contributed by atoms with Crippen LogP contribution >= 0.6 is 0 Å². The van der Waals surface area contributed by atoms with Gasteiger partial charge in [0, 0.05) is 6.10 Å². The molecular formula is C14H30O4Ti. The first-order chi connectivity index (χ1) is 8.51. The Labute approximate surface area is 129 Å². The zero-order valence-electron chi connectivity index (χ0n) is 13.5. The normalized spacial score (nSPS) is 10.9. The first-order valence-electron chi connectivity index (χ1n) is 6.62. The second-order valence-electron chi connectivity index (χ2n) is 5.80. The van der Waals surface area contributed by atoms with Crippen LogP contribution in [-0.4, -0.2) is 22.3 Å². The third kappa shape index (κ3) is 7.96. The SMILES string of the molecule is CC(C)C(C(=O)O)(C(C)C)C(C)C.CC(C)O.[O]=[Ti]. The maximum absolute atomic E-state index is 11.3. The number of carboxylic acids is 1. The molecule has 0 amide bonds. The summed E-state index contributed by atoms with van der Waals surface area (Å²) in [6.07, 6.45) is -0.167. The van der Waals surface area contributed by atoms with E-state index in [0.29, 0.717) is 0 Å². The van der Waals surface area contributed by atoms with E-state index in [1.165, 1.54) is 0 Å². The molecule has 0 radical (unpaired) electrons. The first-order valence-corrected chi connectivity index (χ1v) is 7.26. The van der Waals surface area contributed by atoms with Gasteiger partial charge in [-0.05, 0) is 31.6 Å². The average Bonchev–Trinajstić information content (AvgIpc) is 2.17. The number of hydrogen-bond donors (Lipinski definition) is 2. The van der Waals surface area contributed by atoms with E-state index in [1.54, 1.807) is 13.8 Å². The number of hydrogen-bond acceptors (Lipinski definition) is 3. The summed E-state index contributed by atoms with van der Waals surface area (Å²) >= 11 is 0.750. The second kappa shape index (κ2) is 11.7. The molecule has 0 aromatic rings. The molecule has 0 spiro atoms. The second-order valence-corrected chi connectivity index (χ2v) is 5.80. The Bertz CT molecular complexity index is 213. The molecule has 0 unspecified atom stereocenters. The van der Waals surface area contributed by atoms with Crippen LogP contribution in [0.3, 0.4) is 0 Å². The molecule has 2 N–H and O–H groups in total. The third-order valence-electron chi connectivity index (χ3n) is 3.24. The predicted octanol–water partition coefficient (Wildman–Crippen LogP) is 3.29. The van der Waals surface area contributed by atoms with Crippen LogP contribution in [0.25, 0.3) is 0 Å².